The van der Waals surface area contributed by atoms with E-state index in [1.54, 1.807) is 42.1 Å². The highest BCUT2D eigenvalue weighted by atomic mass is 79.9. The first kappa shape index (κ1) is 18.8. The predicted octanol–water partition coefficient (Wildman–Crippen LogP) is 2.75. The molecule has 1 N–H and O–H groups in total. The van der Waals surface area contributed by atoms with Gasteiger partial charge in [0, 0.05) is 22.4 Å². The van der Waals surface area contributed by atoms with Crippen molar-refractivity contribution in [1.29, 1.82) is 0 Å². The fourth-order valence-corrected chi connectivity index (χ4v) is 3.10. The minimum atomic E-state index is -0.996. The number of benzene rings is 1. The van der Waals surface area contributed by atoms with Gasteiger partial charge in [-0.2, -0.15) is 5.10 Å². The number of carbonyl (C=O) groups is 2. The van der Waals surface area contributed by atoms with Gasteiger partial charge in [0.15, 0.2) is 5.78 Å². The summed E-state index contributed by atoms with van der Waals surface area (Å²) in [6.45, 7) is 2.03. The van der Waals surface area contributed by atoms with Crippen molar-refractivity contribution in [2.24, 2.45) is 0 Å². The zero-order valence-electron chi connectivity index (χ0n) is 14.4. The number of carboxylic acids is 1. The number of ketones is 1. The molecule has 1 aromatic carbocycles. The molecule has 0 bridgehead atoms. The molecule has 7 nitrogen and oxygen atoms in total. The van der Waals surface area contributed by atoms with Gasteiger partial charge < -0.3 is 9.67 Å². The summed E-state index contributed by atoms with van der Waals surface area (Å²) in [5, 5.41) is 13.3. The molecule has 0 atom stereocenters. The van der Waals surface area contributed by atoms with E-state index in [9.17, 15) is 14.4 Å². The molecule has 0 radical (unpaired) electrons. The van der Waals surface area contributed by atoms with Gasteiger partial charge in [-0.15, -0.1) is 0 Å². The average Bonchev–Trinajstić information content (AvgIpc) is 2.99. The Morgan fingerprint density at radius 3 is 2.74 bits per heavy atom. The van der Waals surface area contributed by atoms with Gasteiger partial charge in [0.05, 0.1) is 30.4 Å². The van der Waals surface area contributed by atoms with E-state index in [1.165, 1.54) is 22.9 Å². The second-order valence-corrected chi connectivity index (χ2v) is 6.96. The van der Waals surface area contributed by atoms with Gasteiger partial charge in [0.2, 0.25) is 0 Å². The quantitative estimate of drug-likeness (QED) is 0.607. The van der Waals surface area contributed by atoms with E-state index < -0.39 is 5.97 Å². The summed E-state index contributed by atoms with van der Waals surface area (Å²) in [5.74, 6) is -1.22. The number of carboxylic acid groups (broad SMARTS) is 1. The number of halogens is 1. The maximum Gasteiger partial charge on any atom is 0.335 e. The van der Waals surface area contributed by atoms with Crippen LogP contribution in [0.5, 0.6) is 0 Å². The van der Waals surface area contributed by atoms with Crippen LogP contribution in [0, 0.1) is 6.92 Å². The van der Waals surface area contributed by atoms with E-state index in [-0.39, 0.29) is 23.5 Å². The van der Waals surface area contributed by atoms with Crippen LogP contribution >= 0.6 is 15.9 Å². The number of hydrogen-bond donors (Lipinski definition) is 1. The number of hydrogen-bond acceptors (Lipinski definition) is 4. The maximum atomic E-state index is 12.6. The molecule has 0 saturated heterocycles. The van der Waals surface area contributed by atoms with E-state index in [1.807, 2.05) is 0 Å². The van der Waals surface area contributed by atoms with Crippen molar-refractivity contribution in [2.45, 2.75) is 20.0 Å². The Kier molecular flexibility index (Phi) is 5.36. The summed E-state index contributed by atoms with van der Waals surface area (Å²) in [6, 6.07) is 9.58. The number of aromatic nitrogens is 3. The third kappa shape index (κ3) is 4.22. The largest absolute Gasteiger partial charge is 0.478 e. The fourth-order valence-electron chi connectivity index (χ4n) is 2.72. The van der Waals surface area contributed by atoms with Crippen molar-refractivity contribution in [3.8, 4) is 0 Å². The number of carbonyl (C=O) groups excluding carboxylic acids is 1. The number of nitrogens with zero attached hydrogens (tertiary/aromatic N) is 3. The van der Waals surface area contributed by atoms with Crippen LogP contribution in [0.3, 0.4) is 0 Å². The van der Waals surface area contributed by atoms with Crippen molar-refractivity contribution < 1.29 is 14.7 Å². The van der Waals surface area contributed by atoms with Gasteiger partial charge in [-0.05, 0) is 46.6 Å². The summed E-state index contributed by atoms with van der Waals surface area (Å²) in [6.07, 6.45) is 3.04. The Balaban J connectivity index is 1.81. The lowest BCUT2D eigenvalue weighted by Gasteiger charge is -2.08. The lowest BCUT2D eigenvalue weighted by Crippen LogP contribution is -2.23. The number of pyridine rings is 1. The van der Waals surface area contributed by atoms with Gasteiger partial charge in [-0.1, -0.05) is 12.1 Å². The Morgan fingerprint density at radius 1 is 1.22 bits per heavy atom. The van der Waals surface area contributed by atoms with E-state index in [2.05, 4.69) is 21.0 Å². The summed E-state index contributed by atoms with van der Waals surface area (Å²) in [5.41, 5.74) is 1.79. The van der Waals surface area contributed by atoms with E-state index in [0.717, 1.165) is 5.56 Å². The Morgan fingerprint density at radius 2 is 2.00 bits per heavy atom. The molecule has 8 heteroatoms. The Labute approximate surface area is 163 Å². The Hall–Kier alpha value is -3.00. The first-order chi connectivity index (χ1) is 12.8. The summed E-state index contributed by atoms with van der Waals surface area (Å²) < 4.78 is 3.68. The van der Waals surface area contributed by atoms with E-state index in [0.29, 0.717) is 22.3 Å². The van der Waals surface area contributed by atoms with Gasteiger partial charge in [-0.3, -0.25) is 14.3 Å². The standard InChI is InChI=1S/C19H16BrN3O4/c1-12-16(17(24)11-22-10-15(20)5-6-18(22)25)8-21-23(12)9-13-3-2-4-14(7-13)19(26)27/h2-8,10H,9,11H2,1H3,(H,26,27). The van der Waals surface area contributed by atoms with Crippen molar-refractivity contribution in [1.82, 2.24) is 14.3 Å². The van der Waals surface area contributed by atoms with Crippen LogP contribution in [0.15, 0.2) is 58.1 Å². The number of Topliss-reactive ketones (excluding diaryl/α,β-unsaturated/α-hetero) is 1. The molecule has 0 saturated carbocycles. The van der Waals surface area contributed by atoms with Crippen LogP contribution in [-0.2, 0) is 13.1 Å². The van der Waals surface area contributed by atoms with Crippen molar-refractivity contribution in [2.75, 3.05) is 0 Å². The number of rotatable bonds is 6. The van der Waals surface area contributed by atoms with Gasteiger partial charge >= 0.3 is 5.97 Å². The summed E-state index contributed by atoms with van der Waals surface area (Å²) >= 11 is 3.28. The van der Waals surface area contributed by atoms with Crippen molar-refractivity contribution >= 4 is 27.7 Å². The molecule has 0 aliphatic carbocycles. The van der Waals surface area contributed by atoms with Crippen molar-refractivity contribution in [3.05, 3.63) is 86.0 Å². The monoisotopic (exact) mass is 429 g/mol. The first-order valence-corrected chi connectivity index (χ1v) is 8.88. The second-order valence-electron chi connectivity index (χ2n) is 6.04. The molecule has 0 aliphatic heterocycles. The molecule has 3 aromatic rings. The molecule has 3 rings (SSSR count). The molecule has 138 valence electrons. The third-order valence-electron chi connectivity index (χ3n) is 4.17. The van der Waals surface area contributed by atoms with E-state index >= 15 is 0 Å². The highest BCUT2D eigenvalue weighted by molar-refractivity contribution is 9.10. The van der Waals surface area contributed by atoms with Crippen LogP contribution in [-0.4, -0.2) is 31.2 Å². The lowest BCUT2D eigenvalue weighted by molar-refractivity contribution is 0.0696. The molecular weight excluding hydrogens is 414 g/mol. The van der Waals surface area contributed by atoms with Crippen LogP contribution in [0.4, 0.5) is 0 Å². The first-order valence-electron chi connectivity index (χ1n) is 8.09. The molecular formula is C19H16BrN3O4. The maximum absolute atomic E-state index is 12.6. The normalized spacial score (nSPS) is 10.7. The summed E-state index contributed by atoms with van der Waals surface area (Å²) in [4.78, 5) is 35.6. The minimum absolute atomic E-state index is 0.0840. The highest BCUT2D eigenvalue weighted by Gasteiger charge is 2.16. The second kappa shape index (κ2) is 7.71. The van der Waals surface area contributed by atoms with Gasteiger partial charge in [0.25, 0.3) is 5.56 Å². The SMILES string of the molecule is Cc1c(C(=O)Cn2cc(Br)ccc2=O)cnn1Cc1cccc(C(=O)O)c1. The molecule has 0 aliphatic rings. The molecule has 2 heterocycles. The minimum Gasteiger partial charge on any atom is -0.478 e. The molecule has 2 aromatic heterocycles. The van der Waals surface area contributed by atoms with Crippen LogP contribution in [0.25, 0.3) is 0 Å². The Bertz CT molecular complexity index is 1080. The van der Waals surface area contributed by atoms with Crippen LogP contribution in [0.2, 0.25) is 0 Å². The van der Waals surface area contributed by atoms with Crippen molar-refractivity contribution in [3.63, 3.8) is 0 Å². The summed E-state index contributed by atoms with van der Waals surface area (Å²) in [7, 11) is 0. The van der Waals surface area contributed by atoms with Gasteiger partial charge in [0.1, 0.15) is 0 Å². The fraction of sp³-hybridized carbons (Fsp3) is 0.158. The molecule has 0 fully saturated rings. The molecule has 0 spiro atoms. The molecule has 0 unspecified atom stereocenters. The average molecular weight is 430 g/mol. The third-order valence-corrected chi connectivity index (χ3v) is 4.64. The van der Waals surface area contributed by atoms with Gasteiger partial charge in [-0.25, -0.2) is 4.79 Å². The van der Waals surface area contributed by atoms with Crippen LogP contribution in [0.1, 0.15) is 32.0 Å². The molecule has 27 heavy (non-hydrogen) atoms. The highest BCUT2D eigenvalue weighted by Crippen LogP contribution is 2.13. The lowest BCUT2D eigenvalue weighted by atomic mass is 10.1. The zero-order chi connectivity index (χ0) is 19.6. The number of aromatic carboxylic acids is 1. The zero-order valence-corrected chi connectivity index (χ0v) is 16.0. The topological polar surface area (TPSA) is 94.2 Å². The smallest absolute Gasteiger partial charge is 0.335 e. The molecule has 0 amide bonds. The van der Waals surface area contributed by atoms with Crippen LogP contribution < -0.4 is 5.56 Å². The predicted molar refractivity (Wildman–Crippen MR) is 102 cm³/mol. The van der Waals surface area contributed by atoms with E-state index in [4.69, 9.17) is 5.11 Å².